The maximum atomic E-state index is 12.4. The Morgan fingerprint density at radius 1 is 1.00 bits per heavy atom. The maximum Gasteiger partial charge on any atom is 0.317 e. The summed E-state index contributed by atoms with van der Waals surface area (Å²) in [4.78, 5) is 35.8. The highest BCUT2D eigenvalue weighted by atomic mass is 32.2. The second-order valence-electron chi connectivity index (χ2n) is 6.92. The molecule has 0 saturated carbocycles. The van der Waals surface area contributed by atoms with Crippen LogP contribution in [-0.2, 0) is 20.8 Å². The Balaban J connectivity index is 1.96. The van der Waals surface area contributed by atoms with Crippen LogP contribution in [0.2, 0.25) is 0 Å². The van der Waals surface area contributed by atoms with Gasteiger partial charge in [-0.2, -0.15) is 0 Å². The Bertz CT molecular complexity index is 821. The van der Waals surface area contributed by atoms with Crippen molar-refractivity contribution in [1.82, 2.24) is 5.32 Å². The molecule has 0 spiro atoms. The first-order valence-electron chi connectivity index (χ1n) is 9.77. The fraction of sp³-hybridized carbons (Fsp3) is 0.348. The number of carboxylic acid groups (broad SMARTS) is 1. The molecule has 0 saturated heterocycles. The van der Waals surface area contributed by atoms with Gasteiger partial charge in [0.1, 0.15) is 5.25 Å². The van der Waals surface area contributed by atoms with Crippen LogP contribution in [0.5, 0.6) is 0 Å². The maximum absolute atomic E-state index is 12.4. The summed E-state index contributed by atoms with van der Waals surface area (Å²) in [6.07, 6.45) is 2.26. The molecule has 6 heteroatoms. The highest BCUT2D eigenvalue weighted by Gasteiger charge is 2.26. The molecule has 5 nitrogen and oxygen atoms in total. The van der Waals surface area contributed by atoms with Crippen LogP contribution in [0.15, 0.2) is 54.6 Å². The van der Waals surface area contributed by atoms with Gasteiger partial charge in [-0.05, 0) is 36.5 Å². The van der Waals surface area contributed by atoms with Gasteiger partial charge in [0.15, 0.2) is 0 Å². The molecule has 2 aromatic carbocycles. The summed E-state index contributed by atoms with van der Waals surface area (Å²) in [5.74, 6) is -1.23. The predicted molar refractivity (Wildman–Crippen MR) is 117 cm³/mol. The zero-order valence-electron chi connectivity index (χ0n) is 16.8. The molecule has 0 unspecified atom stereocenters. The fourth-order valence-corrected chi connectivity index (χ4v) is 3.73. The largest absolute Gasteiger partial charge is 0.480 e. The molecule has 154 valence electrons. The van der Waals surface area contributed by atoms with Gasteiger partial charge >= 0.3 is 5.97 Å². The minimum Gasteiger partial charge on any atom is -0.480 e. The van der Waals surface area contributed by atoms with Crippen molar-refractivity contribution in [1.29, 1.82) is 0 Å². The molecule has 0 heterocycles. The van der Waals surface area contributed by atoms with Gasteiger partial charge in [0.2, 0.25) is 11.0 Å². The molecule has 2 aromatic rings. The molecule has 0 aliphatic carbocycles. The first kappa shape index (κ1) is 22.7. The lowest BCUT2D eigenvalue weighted by Gasteiger charge is -2.16. The monoisotopic (exact) mass is 413 g/mol. The predicted octanol–water partition coefficient (Wildman–Crippen LogP) is 4.30. The highest BCUT2D eigenvalue weighted by Crippen LogP contribution is 2.23. The lowest BCUT2D eigenvalue weighted by molar-refractivity contribution is -0.136. The zero-order valence-corrected chi connectivity index (χ0v) is 17.6. The molecule has 2 N–H and O–H groups in total. The van der Waals surface area contributed by atoms with E-state index < -0.39 is 17.3 Å². The van der Waals surface area contributed by atoms with Gasteiger partial charge in [0, 0.05) is 6.42 Å². The normalized spacial score (nSPS) is 12.8. The number of hydrogen-bond acceptors (Lipinski definition) is 4. The number of carbonyl (C=O) groups is 3. The first-order chi connectivity index (χ1) is 13.9. The average Bonchev–Trinajstić information content (AvgIpc) is 2.72. The number of carboxylic acids is 1. The van der Waals surface area contributed by atoms with E-state index >= 15 is 0 Å². The number of hydrogen-bond donors (Lipinski definition) is 2. The molecular weight excluding hydrogens is 386 g/mol. The van der Waals surface area contributed by atoms with Gasteiger partial charge in [0.25, 0.3) is 0 Å². The summed E-state index contributed by atoms with van der Waals surface area (Å²) >= 11 is 0.769. The molecule has 0 fully saturated rings. The number of benzene rings is 2. The third kappa shape index (κ3) is 7.38. The van der Waals surface area contributed by atoms with E-state index in [0.29, 0.717) is 6.42 Å². The summed E-state index contributed by atoms with van der Waals surface area (Å²) < 4.78 is 0. The van der Waals surface area contributed by atoms with Crippen molar-refractivity contribution < 1.29 is 19.5 Å². The highest BCUT2D eigenvalue weighted by molar-refractivity contribution is 8.14. The molecule has 0 aliphatic rings. The Morgan fingerprint density at radius 2 is 1.62 bits per heavy atom. The number of aliphatic carboxylic acids is 1. The van der Waals surface area contributed by atoms with Gasteiger partial charge < -0.3 is 10.4 Å². The molecule has 0 radical (unpaired) electrons. The minimum atomic E-state index is -1.04. The van der Waals surface area contributed by atoms with Crippen molar-refractivity contribution in [3.63, 3.8) is 0 Å². The van der Waals surface area contributed by atoms with Crippen molar-refractivity contribution in [2.75, 3.05) is 0 Å². The molecule has 0 bridgehead atoms. The zero-order chi connectivity index (χ0) is 21.2. The Morgan fingerprint density at radius 3 is 2.21 bits per heavy atom. The van der Waals surface area contributed by atoms with E-state index in [-0.39, 0.29) is 17.4 Å². The van der Waals surface area contributed by atoms with E-state index in [4.69, 9.17) is 0 Å². The smallest absolute Gasteiger partial charge is 0.317 e. The lowest BCUT2D eigenvalue weighted by atomic mass is 10.0. The number of unbranched alkanes of at least 4 members (excludes halogenated alkanes) is 1. The van der Waals surface area contributed by atoms with Gasteiger partial charge in [-0.3, -0.25) is 14.4 Å². The molecule has 29 heavy (non-hydrogen) atoms. The number of carbonyl (C=O) groups excluding carboxylic acids is 2. The van der Waals surface area contributed by atoms with E-state index in [2.05, 4.69) is 5.32 Å². The van der Waals surface area contributed by atoms with Crippen LogP contribution in [0.1, 0.15) is 38.7 Å². The van der Waals surface area contributed by atoms with Gasteiger partial charge in [-0.15, -0.1) is 0 Å². The molecule has 2 atom stereocenters. The number of amides is 1. The van der Waals surface area contributed by atoms with Crippen LogP contribution >= 0.6 is 11.8 Å². The quantitative estimate of drug-likeness (QED) is 0.607. The van der Waals surface area contributed by atoms with E-state index in [0.717, 1.165) is 41.3 Å². The van der Waals surface area contributed by atoms with E-state index in [1.165, 1.54) is 0 Å². The minimum absolute atomic E-state index is 0.184. The van der Waals surface area contributed by atoms with Crippen molar-refractivity contribution in [2.24, 2.45) is 0 Å². The Labute approximate surface area is 175 Å². The first-order valence-corrected chi connectivity index (χ1v) is 10.7. The second kappa shape index (κ2) is 11.4. The molecular formula is C23H27NO4S. The van der Waals surface area contributed by atoms with Crippen molar-refractivity contribution in [3.05, 3.63) is 60.2 Å². The number of rotatable bonds is 10. The summed E-state index contributed by atoms with van der Waals surface area (Å²) in [6.45, 7) is 3.58. The molecule has 0 aliphatic heterocycles. The van der Waals surface area contributed by atoms with E-state index in [9.17, 15) is 19.5 Å². The van der Waals surface area contributed by atoms with Gasteiger partial charge in [-0.1, -0.05) is 79.7 Å². The third-order valence-electron chi connectivity index (χ3n) is 4.50. The number of thioether (sulfide) groups is 1. The van der Waals surface area contributed by atoms with Crippen LogP contribution in [0, 0.1) is 0 Å². The Hall–Kier alpha value is -2.60. The van der Waals surface area contributed by atoms with Crippen LogP contribution in [0.25, 0.3) is 11.1 Å². The van der Waals surface area contributed by atoms with Crippen LogP contribution in [0.4, 0.5) is 0 Å². The van der Waals surface area contributed by atoms with Gasteiger partial charge in [-0.25, -0.2) is 0 Å². The van der Waals surface area contributed by atoms with Crippen molar-refractivity contribution in [2.45, 2.75) is 50.8 Å². The number of nitrogens with one attached hydrogen (secondary N) is 1. The average molecular weight is 414 g/mol. The SMILES string of the molecule is CCCCC(=O)N[C@H](C)C(=O)S[C@H](Cc1ccc(-c2ccccc2)cc1)C(=O)O. The van der Waals surface area contributed by atoms with E-state index in [1.807, 2.05) is 61.5 Å². The standard InChI is InChI=1S/C23H27NO4S/c1-3-4-10-21(25)24-16(2)23(28)29-20(22(26)27)15-17-11-13-19(14-12-17)18-8-6-5-7-9-18/h5-9,11-14,16,20H,3-4,10,15H2,1-2H3,(H,24,25)(H,26,27)/t16-,20-/m1/s1. The van der Waals surface area contributed by atoms with Crippen molar-refractivity contribution >= 4 is 28.8 Å². The molecule has 0 aromatic heterocycles. The fourth-order valence-electron chi connectivity index (χ4n) is 2.81. The third-order valence-corrected chi connectivity index (χ3v) is 5.74. The van der Waals surface area contributed by atoms with Crippen LogP contribution in [0.3, 0.4) is 0 Å². The van der Waals surface area contributed by atoms with E-state index in [1.54, 1.807) is 6.92 Å². The molecule has 1 amide bonds. The summed E-state index contributed by atoms with van der Waals surface area (Å²) in [7, 11) is 0. The lowest BCUT2D eigenvalue weighted by Crippen LogP contribution is -2.38. The summed E-state index contributed by atoms with van der Waals surface area (Å²) in [5.41, 5.74) is 2.98. The second-order valence-corrected chi connectivity index (χ2v) is 8.13. The summed E-state index contributed by atoms with van der Waals surface area (Å²) in [6, 6.07) is 16.9. The van der Waals surface area contributed by atoms with Gasteiger partial charge in [0.05, 0.1) is 6.04 Å². The van der Waals surface area contributed by atoms with Crippen molar-refractivity contribution in [3.8, 4) is 11.1 Å². The Kier molecular flexibility index (Phi) is 8.93. The molecule has 2 rings (SSSR count). The summed E-state index contributed by atoms with van der Waals surface area (Å²) in [5, 5.41) is 10.9. The van der Waals surface area contributed by atoms with Crippen LogP contribution in [-0.4, -0.2) is 33.4 Å². The van der Waals surface area contributed by atoms with Crippen LogP contribution < -0.4 is 5.32 Å². The topological polar surface area (TPSA) is 83.5 Å².